The molecule has 0 saturated heterocycles. The quantitative estimate of drug-likeness (QED) is 0.0945. The topological polar surface area (TPSA) is 95.3 Å². The van der Waals surface area contributed by atoms with E-state index in [9.17, 15) is 9.59 Å². The Morgan fingerprint density at radius 2 is 1.53 bits per heavy atom. The van der Waals surface area contributed by atoms with Gasteiger partial charge in [-0.05, 0) is 53.0 Å². The Hall–Kier alpha value is -4.31. The fourth-order valence-corrected chi connectivity index (χ4v) is 11.6. The number of aromatic nitrogens is 3. The van der Waals surface area contributed by atoms with Gasteiger partial charge in [0.25, 0.3) is 13.9 Å². The van der Waals surface area contributed by atoms with Crippen LogP contribution in [-0.2, 0) is 21.6 Å². The first-order chi connectivity index (χ1) is 23.1. The third-order valence-corrected chi connectivity index (χ3v) is 14.3. The highest BCUT2D eigenvalue weighted by Crippen LogP contribution is 2.38. The number of nitrogens with one attached hydrogen (secondary N) is 1. The van der Waals surface area contributed by atoms with Crippen LogP contribution in [0.1, 0.15) is 75.0 Å². The van der Waals surface area contributed by atoms with E-state index >= 15 is 0 Å². The monoisotopic (exact) mass is 696 g/mol. The molecule has 0 amide bonds. The van der Waals surface area contributed by atoms with Gasteiger partial charge in [0.05, 0.1) is 29.7 Å². The van der Waals surface area contributed by atoms with E-state index in [1.807, 2.05) is 38.1 Å². The fraction of sp³-hybridized carbons (Fsp3) is 0.333. The summed E-state index contributed by atoms with van der Waals surface area (Å²) in [5.41, 5.74) is 2.05. The number of pyridine rings is 1. The first-order valence-corrected chi connectivity index (χ1v) is 18.7. The molecule has 5 rings (SSSR count). The zero-order valence-electron chi connectivity index (χ0n) is 29.7. The van der Waals surface area contributed by atoms with Crippen LogP contribution in [0.2, 0.25) is 10.2 Å². The van der Waals surface area contributed by atoms with Gasteiger partial charge in [-0.2, -0.15) is 0 Å². The van der Waals surface area contributed by atoms with E-state index in [2.05, 4.69) is 93.5 Å². The lowest BCUT2D eigenvalue weighted by Gasteiger charge is -2.44. The van der Waals surface area contributed by atoms with Crippen LogP contribution < -0.4 is 21.2 Å². The van der Waals surface area contributed by atoms with Crippen molar-refractivity contribution >= 4 is 52.9 Å². The lowest BCUT2D eigenvalue weighted by atomic mass is 9.92. The minimum absolute atomic E-state index is 0.0741. The number of rotatable bonds is 10. The van der Waals surface area contributed by atoms with Gasteiger partial charge < -0.3 is 14.5 Å². The third kappa shape index (κ3) is 6.93. The lowest BCUT2D eigenvalue weighted by Crippen LogP contribution is -2.67. The van der Waals surface area contributed by atoms with E-state index in [1.165, 1.54) is 17.5 Å². The number of halogens is 1. The van der Waals surface area contributed by atoms with Gasteiger partial charge in [-0.1, -0.05) is 113 Å². The van der Waals surface area contributed by atoms with Crippen molar-refractivity contribution in [2.45, 2.75) is 65.0 Å². The third-order valence-electron chi connectivity index (χ3n) is 9.10. The largest absolute Gasteiger partial charge is 0.464 e. The molecule has 0 aliphatic carbocycles. The smallest absolute Gasteiger partial charge is 0.358 e. The first kappa shape index (κ1) is 36.0. The second-order valence-electron chi connectivity index (χ2n) is 14.3. The van der Waals surface area contributed by atoms with Gasteiger partial charge in [-0.15, -0.1) is 0 Å². The van der Waals surface area contributed by atoms with E-state index < -0.39 is 19.7 Å². The number of carbonyl (C=O) groups is 1. The lowest BCUT2D eigenvalue weighted by molar-refractivity contribution is 0.0595. The minimum atomic E-state index is -2.86. The molecule has 8 nitrogen and oxygen atoms in total. The molecular weight excluding hydrogens is 652 g/mol. The molecular formula is C39H45ClN4O4Si. The standard InChI is InChI=1S/C39H45ClN4O4Si/c1-25-22-29(26(2)41-31-20-21-32(40)42-34(31)36(46)47-9)33-30(23-25)35(45)44(8)37(43-33)39(6,7)24-48-49(38(3,4)5,27-16-12-10-13-17-27)28-18-14-11-15-19-28/h10-23,26,41H,24H2,1-9H3/t26-/m1/s1. The molecule has 10 heteroatoms. The Bertz CT molecular complexity index is 2000. The van der Waals surface area contributed by atoms with E-state index in [4.69, 9.17) is 25.7 Å². The molecule has 0 aliphatic heterocycles. The molecule has 0 fully saturated rings. The summed E-state index contributed by atoms with van der Waals surface area (Å²) in [4.78, 5) is 36.1. The van der Waals surface area contributed by atoms with Gasteiger partial charge in [-0.25, -0.2) is 14.8 Å². The Morgan fingerprint density at radius 1 is 0.939 bits per heavy atom. The Kier molecular flexibility index (Phi) is 10.2. The molecule has 2 heterocycles. The van der Waals surface area contributed by atoms with Crippen molar-refractivity contribution in [2.75, 3.05) is 19.0 Å². The van der Waals surface area contributed by atoms with Gasteiger partial charge in [0.15, 0.2) is 5.69 Å². The highest BCUT2D eigenvalue weighted by molar-refractivity contribution is 6.99. The summed E-state index contributed by atoms with van der Waals surface area (Å²) in [5.74, 6) is 0.00636. The predicted molar refractivity (Wildman–Crippen MR) is 201 cm³/mol. The van der Waals surface area contributed by atoms with Crippen LogP contribution in [0, 0.1) is 6.92 Å². The number of aryl methyl sites for hydroxylation is 1. The van der Waals surface area contributed by atoms with E-state index in [0.717, 1.165) is 11.1 Å². The second-order valence-corrected chi connectivity index (χ2v) is 19.0. The number of hydrogen-bond donors (Lipinski definition) is 1. The van der Waals surface area contributed by atoms with Crippen LogP contribution in [0.4, 0.5) is 5.69 Å². The molecule has 0 radical (unpaired) electrons. The summed E-state index contributed by atoms with van der Waals surface area (Å²) >= 11 is 6.11. The number of ether oxygens (including phenoxy) is 1. The molecule has 49 heavy (non-hydrogen) atoms. The van der Waals surface area contributed by atoms with Crippen LogP contribution in [0.15, 0.2) is 89.7 Å². The van der Waals surface area contributed by atoms with Crippen molar-refractivity contribution in [1.29, 1.82) is 0 Å². The first-order valence-electron chi connectivity index (χ1n) is 16.4. The number of esters is 1. The molecule has 3 aromatic carbocycles. The summed E-state index contributed by atoms with van der Waals surface area (Å²) < 4.78 is 13.9. The summed E-state index contributed by atoms with van der Waals surface area (Å²) in [6, 6.07) is 27.9. The van der Waals surface area contributed by atoms with Crippen molar-refractivity contribution in [3.8, 4) is 0 Å². The maximum atomic E-state index is 14.1. The van der Waals surface area contributed by atoms with Gasteiger partial charge in [0.1, 0.15) is 11.0 Å². The van der Waals surface area contributed by atoms with Crippen LogP contribution in [0.3, 0.4) is 0 Å². The maximum absolute atomic E-state index is 14.1. The summed E-state index contributed by atoms with van der Waals surface area (Å²) in [7, 11) is 0.220. The molecule has 0 spiro atoms. The highest BCUT2D eigenvalue weighted by atomic mass is 35.5. The molecule has 2 aromatic heterocycles. The SMILES string of the molecule is COC(=O)c1nc(Cl)ccc1N[C@H](C)c1cc(C)cc2c(=O)n(C)c(C(C)(C)CO[Si](c3ccccc3)(c3ccccc3)C(C)(C)C)nc12. The van der Waals surface area contributed by atoms with E-state index in [-0.39, 0.29) is 27.5 Å². The molecule has 1 atom stereocenters. The van der Waals surface area contributed by atoms with Crippen molar-refractivity contribution in [2.24, 2.45) is 7.05 Å². The maximum Gasteiger partial charge on any atom is 0.358 e. The normalized spacial score (nSPS) is 12.9. The number of methoxy groups -OCH3 is 1. The molecule has 0 unspecified atom stereocenters. The van der Waals surface area contributed by atoms with Crippen molar-refractivity contribution in [3.05, 3.63) is 123 Å². The van der Waals surface area contributed by atoms with Crippen LogP contribution in [0.5, 0.6) is 0 Å². The molecule has 5 aromatic rings. The second kappa shape index (κ2) is 13.9. The Balaban J connectivity index is 1.61. The Labute approximate surface area is 294 Å². The van der Waals surface area contributed by atoms with Gasteiger partial charge in [0, 0.05) is 24.6 Å². The predicted octanol–water partition coefficient (Wildman–Crippen LogP) is 7.10. The van der Waals surface area contributed by atoms with Crippen molar-refractivity contribution < 1.29 is 14.0 Å². The number of anilines is 1. The number of fused-ring (bicyclic) bond motifs is 1. The highest BCUT2D eigenvalue weighted by Gasteiger charge is 2.51. The van der Waals surface area contributed by atoms with Crippen LogP contribution in [0.25, 0.3) is 10.9 Å². The van der Waals surface area contributed by atoms with Crippen LogP contribution in [-0.4, -0.2) is 42.5 Å². The van der Waals surface area contributed by atoms with Crippen molar-refractivity contribution in [3.63, 3.8) is 0 Å². The summed E-state index contributed by atoms with van der Waals surface area (Å²) in [5, 5.41) is 6.24. The van der Waals surface area contributed by atoms with Gasteiger partial charge in [-0.3, -0.25) is 9.36 Å². The number of carbonyl (C=O) groups excluding carboxylic acids is 1. The van der Waals surface area contributed by atoms with Crippen LogP contribution >= 0.6 is 11.6 Å². The summed E-state index contributed by atoms with van der Waals surface area (Å²) in [6.45, 7) is 15.2. The molecule has 0 aliphatic rings. The molecule has 0 saturated carbocycles. The van der Waals surface area contributed by atoms with Gasteiger partial charge >= 0.3 is 5.97 Å². The number of benzene rings is 3. The van der Waals surface area contributed by atoms with Gasteiger partial charge in [0.2, 0.25) is 0 Å². The average molecular weight is 697 g/mol. The summed E-state index contributed by atoms with van der Waals surface area (Å²) in [6.07, 6.45) is 0. The Morgan fingerprint density at radius 3 is 2.08 bits per heavy atom. The number of hydrogen-bond acceptors (Lipinski definition) is 7. The van der Waals surface area contributed by atoms with E-state index in [1.54, 1.807) is 23.7 Å². The molecule has 1 N–H and O–H groups in total. The fourth-order valence-electron chi connectivity index (χ4n) is 6.72. The van der Waals surface area contributed by atoms with E-state index in [0.29, 0.717) is 29.0 Å². The molecule has 0 bridgehead atoms. The van der Waals surface area contributed by atoms with Crippen molar-refractivity contribution in [1.82, 2.24) is 14.5 Å². The minimum Gasteiger partial charge on any atom is -0.464 e. The number of nitrogens with zero attached hydrogens (tertiary/aromatic N) is 3. The molecule has 256 valence electrons. The zero-order chi connectivity index (χ0) is 35.7. The zero-order valence-corrected chi connectivity index (χ0v) is 31.5. The average Bonchev–Trinajstić information content (AvgIpc) is 3.07.